The van der Waals surface area contributed by atoms with Crippen molar-refractivity contribution in [2.75, 3.05) is 13.2 Å². The van der Waals surface area contributed by atoms with E-state index in [1.165, 1.54) is 6.07 Å². The van der Waals surface area contributed by atoms with Crippen molar-refractivity contribution in [1.29, 1.82) is 0 Å². The smallest absolute Gasteiger partial charge is 0.270 e. The molecule has 1 N–H and O–H groups in total. The van der Waals surface area contributed by atoms with Gasteiger partial charge in [-0.2, -0.15) is 5.10 Å². The number of aromatic amines is 1. The van der Waals surface area contributed by atoms with Gasteiger partial charge in [-0.3, -0.25) is 15.2 Å². The number of nitrogens with one attached hydrogen (secondary N) is 1. The van der Waals surface area contributed by atoms with Gasteiger partial charge in [-0.05, 0) is 18.1 Å². The maximum Gasteiger partial charge on any atom is 0.270 e. The number of hydrogen-bond acceptors (Lipinski definition) is 4. The quantitative estimate of drug-likeness (QED) is 0.650. The molecule has 1 aliphatic rings. The number of benzene rings is 1. The largest absolute Gasteiger partial charge is 0.377 e. The summed E-state index contributed by atoms with van der Waals surface area (Å²) in [6.45, 7) is 1.23. The van der Waals surface area contributed by atoms with Gasteiger partial charge in [0.15, 0.2) is 0 Å². The first-order valence-electron chi connectivity index (χ1n) is 5.65. The zero-order valence-corrected chi connectivity index (χ0v) is 9.55. The predicted octanol–water partition coefficient (Wildman–Crippen LogP) is 2.27. The van der Waals surface area contributed by atoms with Gasteiger partial charge in [-0.25, -0.2) is 0 Å². The van der Waals surface area contributed by atoms with Crippen LogP contribution in [-0.4, -0.2) is 28.3 Å². The van der Waals surface area contributed by atoms with Crippen molar-refractivity contribution in [3.8, 4) is 0 Å². The van der Waals surface area contributed by atoms with Crippen LogP contribution in [0.25, 0.3) is 16.5 Å². The third kappa shape index (κ3) is 1.76. The highest BCUT2D eigenvalue weighted by molar-refractivity contribution is 5.91. The molecule has 6 heteroatoms. The van der Waals surface area contributed by atoms with E-state index >= 15 is 0 Å². The van der Waals surface area contributed by atoms with Gasteiger partial charge in [-0.1, -0.05) is 6.08 Å². The first-order valence-corrected chi connectivity index (χ1v) is 5.65. The lowest BCUT2D eigenvalue weighted by molar-refractivity contribution is -0.384. The molecule has 0 atom stereocenters. The van der Waals surface area contributed by atoms with E-state index in [1.54, 1.807) is 12.1 Å². The summed E-state index contributed by atoms with van der Waals surface area (Å²) in [6, 6.07) is 4.72. The average molecular weight is 245 g/mol. The first-order chi connectivity index (χ1) is 8.75. The highest BCUT2D eigenvalue weighted by Crippen LogP contribution is 2.29. The van der Waals surface area contributed by atoms with E-state index < -0.39 is 4.92 Å². The maximum atomic E-state index is 10.8. The summed E-state index contributed by atoms with van der Waals surface area (Å²) in [5.41, 5.74) is 2.76. The van der Waals surface area contributed by atoms with Gasteiger partial charge in [0.2, 0.25) is 0 Å². The van der Waals surface area contributed by atoms with Crippen LogP contribution < -0.4 is 0 Å². The summed E-state index contributed by atoms with van der Waals surface area (Å²) >= 11 is 0. The molecular formula is C12H11N3O3. The summed E-state index contributed by atoms with van der Waals surface area (Å²) in [4.78, 5) is 10.4. The molecule has 6 nitrogen and oxygen atoms in total. The molecule has 0 unspecified atom stereocenters. The van der Waals surface area contributed by atoms with E-state index in [1.807, 2.05) is 6.08 Å². The number of non-ortho nitro benzene ring substituents is 1. The minimum absolute atomic E-state index is 0.0813. The number of nitro benzene ring substituents is 1. The van der Waals surface area contributed by atoms with Crippen molar-refractivity contribution >= 4 is 22.2 Å². The Hall–Kier alpha value is -2.21. The van der Waals surface area contributed by atoms with Gasteiger partial charge in [0.25, 0.3) is 5.69 Å². The number of aromatic nitrogens is 2. The van der Waals surface area contributed by atoms with Gasteiger partial charge in [0, 0.05) is 17.5 Å². The van der Waals surface area contributed by atoms with E-state index in [-0.39, 0.29) is 5.69 Å². The Morgan fingerprint density at radius 2 is 2.33 bits per heavy atom. The topological polar surface area (TPSA) is 81.0 Å². The van der Waals surface area contributed by atoms with E-state index in [4.69, 9.17) is 4.74 Å². The lowest BCUT2D eigenvalue weighted by atomic mass is 10.0. The second kappa shape index (κ2) is 4.23. The van der Waals surface area contributed by atoms with Crippen LogP contribution in [0.3, 0.4) is 0 Å². The van der Waals surface area contributed by atoms with Crippen LogP contribution in [0.1, 0.15) is 12.1 Å². The number of nitro groups is 1. The normalized spacial score (nSPS) is 15.7. The number of rotatable bonds is 2. The number of ether oxygens (including phenoxy) is 1. The van der Waals surface area contributed by atoms with Crippen molar-refractivity contribution in [2.24, 2.45) is 0 Å². The molecule has 0 amide bonds. The SMILES string of the molecule is O=[N+]([O-])c1ccc2[nH]nc(C3=CCOCC3)c2c1. The van der Waals surface area contributed by atoms with Crippen molar-refractivity contribution in [2.45, 2.75) is 6.42 Å². The van der Waals surface area contributed by atoms with Crippen molar-refractivity contribution in [3.05, 3.63) is 40.1 Å². The molecule has 2 aromatic rings. The fourth-order valence-electron chi connectivity index (χ4n) is 2.10. The second-order valence-electron chi connectivity index (χ2n) is 4.11. The molecule has 0 saturated heterocycles. The van der Waals surface area contributed by atoms with Crippen LogP contribution in [0, 0.1) is 10.1 Å². The standard InChI is InChI=1S/C12H11N3O3/c16-15(17)9-1-2-11-10(7-9)12(14-13-11)8-3-5-18-6-4-8/h1-3,7H,4-6H2,(H,13,14). The molecule has 92 valence electrons. The van der Waals surface area contributed by atoms with Crippen molar-refractivity contribution < 1.29 is 9.66 Å². The predicted molar refractivity (Wildman–Crippen MR) is 66.2 cm³/mol. The van der Waals surface area contributed by atoms with Crippen LogP contribution in [0.15, 0.2) is 24.3 Å². The third-order valence-corrected chi connectivity index (χ3v) is 3.02. The molecule has 0 radical (unpaired) electrons. The van der Waals surface area contributed by atoms with Gasteiger partial charge in [-0.15, -0.1) is 0 Å². The molecule has 0 saturated carbocycles. The molecule has 1 aromatic carbocycles. The summed E-state index contributed by atoms with van der Waals surface area (Å²) in [5, 5.41) is 18.7. The molecule has 0 aliphatic carbocycles. The zero-order valence-electron chi connectivity index (χ0n) is 9.55. The minimum atomic E-state index is -0.394. The molecule has 2 heterocycles. The Morgan fingerprint density at radius 3 is 3.06 bits per heavy atom. The summed E-state index contributed by atoms with van der Waals surface area (Å²) in [5.74, 6) is 0. The highest BCUT2D eigenvalue weighted by Gasteiger charge is 2.15. The Bertz CT molecular complexity index is 645. The van der Waals surface area contributed by atoms with Gasteiger partial charge >= 0.3 is 0 Å². The summed E-state index contributed by atoms with van der Waals surface area (Å²) in [6.07, 6.45) is 2.75. The lowest BCUT2D eigenvalue weighted by Gasteiger charge is -2.11. The fourth-order valence-corrected chi connectivity index (χ4v) is 2.10. The Balaban J connectivity index is 2.14. The van der Waals surface area contributed by atoms with Gasteiger partial charge in [0.05, 0.1) is 29.3 Å². The molecule has 1 aliphatic heterocycles. The monoisotopic (exact) mass is 245 g/mol. The zero-order chi connectivity index (χ0) is 12.5. The van der Waals surface area contributed by atoms with E-state index in [2.05, 4.69) is 10.2 Å². The van der Waals surface area contributed by atoms with Crippen LogP contribution in [0.4, 0.5) is 5.69 Å². The number of fused-ring (bicyclic) bond motifs is 1. The molecule has 18 heavy (non-hydrogen) atoms. The summed E-state index contributed by atoms with van der Waals surface area (Å²) < 4.78 is 5.25. The number of hydrogen-bond donors (Lipinski definition) is 1. The fraction of sp³-hybridized carbons (Fsp3) is 0.250. The average Bonchev–Trinajstić information content (AvgIpc) is 2.82. The third-order valence-electron chi connectivity index (χ3n) is 3.02. The molecule has 3 rings (SSSR count). The number of nitrogens with zero attached hydrogens (tertiary/aromatic N) is 2. The summed E-state index contributed by atoms with van der Waals surface area (Å²) in [7, 11) is 0. The van der Waals surface area contributed by atoms with Crippen LogP contribution in [-0.2, 0) is 4.74 Å². The van der Waals surface area contributed by atoms with Gasteiger partial charge < -0.3 is 4.74 Å². The van der Waals surface area contributed by atoms with Crippen LogP contribution >= 0.6 is 0 Å². The Kier molecular flexibility index (Phi) is 2.56. The lowest BCUT2D eigenvalue weighted by Crippen LogP contribution is -2.04. The van der Waals surface area contributed by atoms with E-state index in [0.29, 0.717) is 13.2 Å². The molecule has 1 aromatic heterocycles. The van der Waals surface area contributed by atoms with Gasteiger partial charge in [0.1, 0.15) is 0 Å². The highest BCUT2D eigenvalue weighted by atomic mass is 16.6. The second-order valence-corrected chi connectivity index (χ2v) is 4.11. The number of H-pyrrole nitrogens is 1. The van der Waals surface area contributed by atoms with Crippen LogP contribution in [0.5, 0.6) is 0 Å². The van der Waals surface area contributed by atoms with Crippen molar-refractivity contribution in [1.82, 2.24) is 10.2 Å². The molecule has 0 bridgehead atoms. The van der Waals surface area contributed by atoms with E-state index in [0.717, 1.165) is 28.6 Å². The molecule has 0 spiro atoms. The Morgan fingerprint density at radius 1 is 1.44 bits per heavy atom. The van der Waals surface area contributed by atoms with Crippen molar-refractivity contribution in [3.63, 3.8) is 0 Å². The maximum absolute atomic E-state index is 10.8. The first kappa shape index (κ1) is 10.9. The molecule has 0 fully saturated rings. The van der Waals surface area contributed by atoms with Crippen LogP contribution in [0.2, 0.25) is 0 Å². The minimum Gasteiger partial charge on any atom is -0.377 e. The van der Waals surface area contributed by atoms with E-state index in [9.17, 15) is 10.1 Å². The molecular weight excluding hydrogens is 234 g/mol. The Labute approximate surface area is 102 Å².